The number of nitrogens with zero attached hydrogens (tertiary/aromatic N) is 3. The van der Waals surface area contributed by atoms with E-state index >= 15 is 0 Å². The van der Waals surface area contributed by atoms with Gasteiger partial charge in [0.15, 0.2) is 5.03 Å². The molecule has 0 saturated heterocycles. The molecule has 0 atom stereocenters. The van der Waals surface area contributed by atoms with Crippen LogP contribution in [0, 0.1) is 11.3 Å². The van der Waals surface area contributed by atoms with E-state index in [1.54, 1.807) is 6.07 Å². The summed E-state index contributed by atoms with van der Waals surface area (Å²) < 4.78 is 24.4. The minimum Gasteiger partial charge on any atom is -0.268 e. The van der Waals surface area contributed by atoms with Gasteiger partial charge in [0, 0.05) is 6.20 Å². The Balaban J connectivity index is 2.50. The maximum Gasteiger partial charge on any atom is 0.285 e. The van der Waals surface area contributed by atoms with Crippen LogP contribution in [0.2, 0.25) is 0 Å². The maximum atomic E-state index is 11.8. The van der Waals surface area contributed by atoms with Crippen LogP contribution in [0.1, 0.15) is 16.8 Å². The third-order valence-corrected chi connectivity index (χ3v) is 3.93. The highest BCUT2D eigenvalue weighted by atomic mass is 32.2. The molecule has 0 spiro atoms. The van der Waals surface area contributed by atoms with Crippen molar-refractivity contribution in [1.82, 2.24) is 9.29 Å². The summed E-state index contributed by atoms with van der Waals surface area (Å²) in [5.74, 6) is -0.613. The van der Waals surface area contributed by atoms with Gasteiger partial charge in [-0.05, 0) is 12.1 Å². The predicted molar refractivity (Wildman–Crippen MR) is 52.7 cm³/mol. The molecule has 2 heterocycles. The number of fused-ring (bicyclic) bond motifs is 1. The summed E-state index contributed by atoms with van der Waals surface area (Å²) in [6.45, 7) is -0.131. The van der Waals surface area contributed by atoms with Gasteiger partial charge in [-0.15, -0.1) is 0 Å². The smallest absolute Gasteiger partial charge is 0.268 e. The van der Waals surface area contributed by atoms with Crippen LogP contribution < -0.4 is 0 Å². The third-order valence-electron chi connectivity index (χ3n) is 2.19. The second-order valence-corrected chi connectivity index (χ2v) is 4.92. The number of carbonyl (C=O) groups excluding carboxylic acids is 1. The molecule has 1 aromatic heterocycles. The average molecular weight is 237 g/mol. The van der Waals surface area contributed by atoms with E-state index in [1.165, 1.54) is 18.3 Å². The Hall–Kier alpha value is -1.94. The molecule has 1 amide bonds. The largest absolute Gasteiger partial charge is 0.285 e. The van der Waals surface area contributed by atoms with Crippen LogP contribution in [0.4, 0.5) is 0 Å². The zero-order valence-electron chi connectivity index (χ0n) is 8.12. The van der Waals surface area contributed by atoms with Crippen LogP contribution in [0.15, 0.2) is 23.4 Å². The number of aromatic nitrogens is 1. The Morgan fingerprint density at radius 1 is 1.50 bits per heavy atom. The SMILES string of the molecule is N#CCCN1C(=O)c2cccnc2S1(=O)=O. The van der Waals surface area contributed by atoms with Gasteiger partial charge in [0.1, 0.15) is 0 Å². The van der Waals surface area contributed by atoms with Gasteiger partial charge in [-0.25, -0.2) is 9.29 Å². The van der Waals surface area contributed by atoms with Gasteiger partial charge < -0.3 is 0 Å². The molecule has 0 N–H and O–H groups in total. The van der Waals surface area contributed by atoms with Crippen LogP contribution in [-0.2, 0) is 10.0 Å². The number of nitriles is 1. The third kappa shape index (κ3) is 1.35. The molecular weight excluding hydrogens is 230 g/mol. The van der Waals surface area contributed by atoms with Crippen molar-refractivity contribution in [2.75, 3.05) is 6.54 Å². The van der Waals surface area contributed by atoms with E-state index in [0.717, 1.165) is 0 Å². The molecule has 16 heavy (non-hydrogen) atoms. The lowest BCUT2D eigenvalue weighted by atomic mass is 10.2. The van der Waals surface area contributed by atoms with Crippen molar-refractivity contribution in [1.29, 1.82) is 5.26 Å². The molecule has 6 nitrogen and oxygen atoms in total. The van der Waals surface area contributed by atoms with Crippen molar-refractivity contribution in [2.24, 2.45) is 0 Å². The van der Waals surface area contributed by atoms with E-state index < -0.39 is 15.9 Å². The van der Waals surface area contributed by atoms with Crippen LogP contribution in [-0.4, -0.2) is 30.2 Å². The Labute approximate surface area is 92.2 Å². The van der Waals surface area contributed by atoms with Gasteiger partial charge in [-0.3, -0.25) is 4.79 Å². The summed E-state index contributed by atoms with van der Waals surface area (Å²) in [5.41, 5.74) is 0.0699. The Bertz CT molecular complexity index is 588. The minimum absolute atomic E-state index is 0.0288. The molecule has 2 rings (SSSR count). The van der Waals surface area contributed by atoms with Crippen molar-refractivity contribution >= 4 is 15.9 Å². The predicted octanol–water partition coefficient (Wildman–Crippen LogP) is 0.140. The Morgan fingerprint density at radius 3 is 2.88 bits per heavy atom. The number of sulfonamides is 1. The van der Waals surface area contributed by atoms with E-state index in [0.29, 0.717) is 4.31 Å². The fourth-order valence-electron chi connectivity index (χ4n) is 1.48. The quantitative estimate of drug-likeness (QED) is 0.729. The second kappa shape index (κ2) is 3.57. The molecule has 0 fully saturated rings. The molecular formula is C9H7N3O3S. The first-order valence-electron chi connectivity index (χ1n) is 4.48. The van der Waals surface area contributed by atoms with E-state index in [9.17, 15) is 13.2 Å². The number of hydrogen-bond acceptors (Lipinski definition) is 5. The molecule has 0 unspecified atom stereocenters. The first kappa shape index (κ1) is 10.6. The van der Waals surface area contributed by atoms with Crippen LogP contribution in [0.3, 0.4) is 0 Å². The summed E-state index contributed by atoms with van der Waals surface area (Å²) in [5, 5.41) is 8.18. The van der Waals surface area contributed by atoms with E-state index in [1.807, 2.05) is 0 Å². The number of hydrogen-bond donors (Lipinski definition) is 0. The highest BCUT2D eigenvalue weighted by Crippen LogP contribution is 2.27. The lowest BCUT2D eigenvalue weighted by Gasteiger charge is -2.11. The fraction of sp³-hybridized carbons (Fsp3) is 0.222. The van der Waals surface area contributed by atoms with Crippen molar-refractivity contribution < 1.29 is 13.2 Å². The van der Waals surface area contributed by atoms with Crippen molar-refractivity contribution in [3.05, 3.63) is 23.9 Å². The van der Waals surface area contributed by atoms with Gasteiger partial charge >= 0.3 is 0 Å². The van der Waals surface area contributed by atoms with Gasteiger partial charge in [0.2, 0.25) is 0 Å². The lowest BCUT2D eigenvalue weighted by molar-refractivity contribution is 0.0873. The molecule has 7 heteroatoms. The molecule has 1 aromatic rings. The lowest BCUT2D eigenvalue weighted by Crippen LogP contribution is -2.30. The van der Waals surface area contributed by atoms with Crippen LogP contribution >= 0.6 is 0 Å². The fourth-order valence-corrected chi connectivity index (χ4v) is 2.96. The number of carbonyl (C=O) groups is 1. The summed E-state index contributed by atoms with van der Waals surface area (Å²) >= 11 is 0. The highest BCUT2D eigenvalue weighted by Gasteiger charge is 2.41. The summed E-state index contributed by atoms with van der Waals surface area (Å²) in [4.78, 5) is 15.4. The van der Waals surface area contributed by atoms with Crippen LogP contribution in [0.25, 0.3) is 0 Å². The molecule has 1 aliphatic heterocycles. The van der Waals surface area contributed by atoms with E-state index in [4.69, 9.17) is 5.26 Å². The highest BCUT2D eigenvalue weighted by molar-refractivity contribution is 7.90. The summed E-state index contributed by atoms with van der Waals surface area (Å²) in [6.07, 6.45) is 1.29. The topological polar surface area (TPSA) is 91.1 Å². The normalized spacial score (nSPS) is 16.9. The maximum absolute atomic E-state index is 11.8. The Kier molecular flexibility index (Phi) is 2.36. The standard InChI is InChI=1S/C9H7N3O3S/c10-4-2-6-12-9(13)7-3-1-5-11-8(7)16(12,14)15/h1,3,5H,2,6H2. The average Bonchev–Trinajstić information content (AvgIpc) is 2.46. The van der Waals surface area contributed by atoms with Crippen molar-refractivity contribution in [2.45, 2.75) is 11.4 Å². The molecule has 0 bridgehead atoms. The molecule has 0 aliphatic carbocycles. The number of rotatable bonds is 2. The molecule has 1 aliphatic rings. The first-order valence-corrected chi connectivity index (χ1v) is 5.92. The van der Waals surface area contributed by atoms with E-state index in [2.05, 4.69) is 4.98 Å². The molecule has 0 aromatic carbocycles. The molecule has 82 valence electrons. The Morgan fingerprint density at radius 2 is 2.25 bits per heavy atom. The molecule has 0 radical (unpaired) electrons. The zero-order chi connectivity index (χ0) is 11.8. The van der Waals surface area contributed by atoms with E-state index in [-0.39, 0.29) is 23.6 Å². The second-order valence-electron chi connectivity index (χ2n) is 3.15. The zero-order valence-corrected chi connectivity index (χ0v) is 8.94. The van der Waals surface area contributed by atoms with Crippen molar-refractivity contribution in [3.63, 3.8) is 0 Å². The number of pyridine rings is 1. The first-order chi connectivity index (χ1) is 7.59. The van der Waals surface area contributed by atoms with Crippen molar-refractivity contribution in [3.8, 4) is 6.07 Å². The van der Waals surface area contributed by atoms with Crippen LogP contribution in [0.5, 0.6) is 0 Å². The monoisotopic (exact) mass is 237 g/mol. The summed E-state index contributed by atoms with van der Waals surface area (Å²) in [6, 6.07) is 4.71. The molecule has 0 saturated carbocycles. The van der Waals surface area contributed by atoms with Gasteiger partial charge in [0.25, 0.3) is 15.9 Å². The van der Waals surface area contributed by atoms with Gasteiger partial charge in [-0.1, -0.05) is 0 Å². The van der Waals surface area contributed by atoms with Gasteiger partial charge in [0.05, 0.1) is 24.6 Å². The van der Waals surface area contributed by atoms with Gasteiger partial charge in [-0.2, -0.15) is 13.7 Å². The number of amides is 1. The summed E-state index contributed by atoms with van der Waals surface area (Å²) in [7, 11) is -3.85. The minimum atomic E-state index is -3.85.